The summed E-state index contributed by atoms with van der Waals surface area (Å²) in [6, 6.07) is 19.9. The van der Waals surface area contributed by atoms with Gasteiger partial charge in [-0.3, -0.25) is 0 Å². The molecule has 5 rings (SSSR count). The zero-order valence-corrected chi connectivity index (χ0v) is 12.0. The molecule has 0 unspecified atom stereocenters. The van der Waals surface area contributed by atoms with Crippen LogP contribution in [0.2, 0.25) is 0 Å². The van der Waals surface area contributed by atoms with Crippen molar-refractivity contribution in [3.05, 3.63) is 65.7 Å². The standard InChI is InChI=1S/C20H16O/c1-21-18-10-9-14-13-5-2-3-7-16(13)20(11-12-20)17-8-4-6-15(18)19(14)17/h2-10H,11-12H2,1H3. The SMILES string of the molecule is COc1ccc2c3c(cccc13)C1(CC1)c1ccccc1-2. The van der Waals surface area contributed by atoms with Gasteiger partial charge in [0.25, 0.3) is 0 Å². The summed E-state index contributed by atoms with van der Waals surface area (Å²) in [5.41, 5.74) is 6.02. The summed E-state index contributed by atoms with van der Waals surface area (Å²) in [7, 11) is 1.76. The molecule has 1 nitrogen and oxygen atoms in total. The first-order valence-electron chi connectivity index (χ1n) is 7.55. The van der Waals surface area contributed by atoms with E-state index in [0.717, 1.165) is 5.75 Å². The van der Waals surface area contributed by atoms with Crippen LogP contribution < -0.4 is 4.74 Å². The van der Waals surface area contributed by atoms with Crippen LogP contribution in [-0.4, -0.2) is 7.11 Å². The van der Waals surface area contributed by atoms with E-state index in [-0.39, 0.29) is 5.41 Å². The summed E-state index contributed by atoms with van der Waals surface area (Å²) >= 11 is 0. The fourth-order valence-corrected chi connectivity index (χ4v) is 4.13. The van der Waals surface area contributed by atoms with Crippen molar-refractivity contribution < 1.29 is 4.74 Å². The maximum absolute atomic E-state index is 5.58. The molecule has 102 valence electrons. The van der Waals surface area contributed by atoms with E-state index >= 15 is 0 Å². The van der Waals surface area contributed by atoms with E-state index in [1.54, 1.807) is 7.11 Å². The molecule has 0 bridgehead atoms. The molecule has 0 atom stereocenters. The number of ether oxygens (including phenoxy) is 1. The molecule has 21 heavy (non-hydrogen) atoms. The zero-order valence-electron chi connectivity index (χ0n) is 12.0. The molecule has 0 amide bonds. The van der Waals surface area contributed by atoms with E-state index < -0.39 is 0 Å². The fourth-order valence-electron chi connectivity index (χ4n) is 4.13. The van der Waals surface area contributed by atoms with Crippen LogP contribution in [0.15, 0.2) is 54.6 Å². The molecule has 0 saturated heterocycles. The Balaban J connectivity index is 2.01. The van der Waals surface area contributed by atoms with Gasteiger partial charge in [-0.25, -0.2) is 0 Å². The number of hydrogen-bond acceptors (Lipinski definition) is 1. The van der Waals surface area contributed by atoms with Gasteiger partial charge in [0.05, 0.1) is 7.11 Å². The molecule has 2 aliphatic rings. The lowest BCUT2D eigenvalue weighted by Crippen LogP contribution is -2.15. The minimum absolute atomic E-state index is 0.259. The molecule has 0 radical (unpaired) electrons. The van der Waals surface area contributed by atoms with Crippen molar-refractivity contribution in [2.75, 3.05) is 7.11 Å². The van der Waals surface area contributed by atoms with Crippen molar-refractivity contribution in [3.8, 4) is 16.9 Å². The van der Waals surface area contributed by atoms with Gasteiger partial charge < -0.3 is 4.74 Å². The Morgan fingerprint density at radius 1 is 0.810 bits per heavy atom. The number of rotatable bonds is 1. The molecule has 1 heteroatoms. The van der Waals surface area contributed by atoms with Crippen LogP contribution in [0.5, 0.6) is 5.75 Å². The molecule has 0 N–H and O–H groups in total. The maximum Gasteiger partial charge on any atom is 0.126 e. The summed E-state index contributed by atoms with van der Waals surface area (Å²) in [4.78, 5) is 0. The Morgan fingerprint density at radius 2 is 1.62 bits per heavy atom. The second-order valence-corrected chi connectivity index (χ2v) is 6.17. The van der Waals surface area contributed by atoms with Crippen LogP contribution in [0.25, 0.3) is 21.9 Å². The molecule has 3 aromatic carbocycles. The Bertz CT molecular complexity index is 887. The molecule has 1 saturated carbocycles. The van der Waals surface area contributed by atoms with E-state index in [0.29, 0.717) is 0 Å². The third kappa shape index (κ3) is 1.27. The molecule has 0 heterocycles. The van der Waals surface area contributed by atoms with E-state index in [2.05, 4.69) is 54.6 Å². The van der Waals surface area contributed by atoms with Gasteiger partial charge >= 0.3 is 0 Å². The van der Waals surface area contributed by atoms with Gasteiger partial charge in [0, 0.05) is 10.8 Å². The van der Waals surface area contributed by atoms with Gasteiger partial charge in [0.2, 0.25) is 0 Å². The topological polar surface area (TPSA) is 9.23 Å². The van der Waals surface area contributed by atoms with Crippen LogP contribution in [0, 0.1) is 0 Å². The second-order valence-electron chi connectivity index (χ2n) is 6.17. The van der Waals surface area contributed by atoms with Crippen molar-refractivity contribution in [1.82, 2.24) is 0 Å². The van der Waals surface area contributed by atoms with Crippen molar-refractivity contribution in [3.63, 3.8) is 0 Å². The lowest BCUT2D eigenvalue weighted by atomic mass is 9.74. The van der Waals surface area contributed by atoms with Crippen molar-refractivity contribution >= 4 is 10.8 Å². The average molecular weight is 272 g/mol. The van der Waals surface area contributed by atoms with E-state index in [1.807, 2.05) is 0 Å². The Morgan fingerprint density at radius 3 is 2.43 bits per heavy atom. The number of methoxy groups -OCH3 is 1. The summed E-state index contributed by atoms with van der Waals surface area (Å²) in [5.74, 6) is 0.978. The van der Waals surface area contributed by atoms with Crippen LogP contribution in [0.1, 0.15) is 24.0 Å². The van der Waals surface area contributed by atoms with Gasteiger partial charge in [-0.1, -0.05) is 48.5 Å². The molecule has 3 aromatic rings. The quantitative estimate of drug-likeness (QED) is 0.611. The first-order chi connectivity index (χ1) is 10.3. The molecule has 1 spiro atoms. The van der Waals surface area contributed by atoms with Crippen molar-refractivity contribution in [1.29, 1.82) is 0 Å². The minimum Gasteiger partial charge on any atom is -0.496 e. The lowest BCUT2D eigenvalue weighted by molar-refractivity contribution is 0.420. The lowest BCUT2D eigenvalue weighted by Gasteiger charge is -2.29. The summed E-state index contributed by atoms with van der Waals surface area (Å²) in [6.45, 7) is 0. The summed E-state index contributed by atoms with van der Waals surface area (Å²) in [6.07, 6.45) is 2.53. The number of hydrogen-bond donors (Lipinski definition) is 0. The molecule has 0 aliphatic heterocycles. The van der Waals surface area contributed by atoms with Gasteiger partial charge in [0.1, 0.15) is 5.75 Å². The highest BCUT2D eigenvalue weighted by Crippen LogP contribution is 2.61. The third-order valence-electron chi connectivity index (χ3n) is 5.22. The number of benzene rings is 3. The monoisotopic (exact) mass is 272 g/mol. The first kappa shape index (κ1) is 11.4. The molecule has 2 aliphatic carbocycles. The minimum atomic E-state index is 0.259. The Hall–Kier alpha value is -2.28. The zero-order chi connectivity index (χ0) is 14.0. The molecular weight excluding hydrogens is 256 g/mol. The third-order valence-corrected chi connectivity index (χ3v) is 5.22. The maximum atomic E-state index is 5.58. The van der Waals surface area contributed by atoms with Gasteiger partial charge in [0.15, 0.2) is 0 Å². The predicted molar refractivity (Wildman–Crippen MR) is 86.0 cm³/mol. The smallest absolute Gasteiger partial charge is 0.126 e. The average Bonchev–Trinajstić information content (AvgIpc) is 3.34. The van der Waals surface area contributed by atoms with Crippen LogP contribution in [0.3, 0.4) is 0 Å². The van der Waals surface area contributed by atoms with E-state index in [9.17, 15) is 0 Å². The first-order valence-corrected chi connectivity index (χ1v) is 7.55. The van der Waals surface area contributed by atoms with Crippen LogP contribution in [0.4, 0.5) is 0 Å². The summed E-state index contributed by atoms with van der Waals surface area (Å²) < 4.78 is 5.58. The van der Waals surface area contributed by atoms with Crippen molar-refractivity contribution in [2.45, 2.75) is 18.3 Å². The molecule has 0 aromatic heterocycles. The largest absolute Gasteiger partial charge is 0.496 e. The van der Waals surface area contributed by atoms with Crippen LogP contribution >= 0.6 is 0 Å². The Labute approximate surface area is 124 Å². The van der Waals surface area contributed by atoms with Crippen LogP contribution in [-0.2, 0) is 5.41 Å². The summed E-state index contributed by atoms with van der Waals surface area (Å²) in [5, 5.41) is 2.64. The Kier molecular flexibility index (Phi) is 1.99. The normalized spacial score (nSPS) is 16.8. The van der Waals surface area contributed by atoms with Gasteiger partial charge in [-0.15, -0.1) is 0 Å². The van der Waals surface area contributed by atoms with E-state index in [4.69, 9.17) is 4.74 Å². The highest BCUT2D eigenvalue weighted by molar-refractivity contribution is 6.06. The van der Waals surface area contributed by atoms with Crippen molar-refractivity contribution in [2.24, 2.45) is 0 Å². The fraction of sp³-hybridized carbons (Fsp3) is 0.200. The number of fused-ring (bicyclic) bond motifs is 4. The highest BCUT2D eigenvalue weighted by Gasteiger charge is 2.50. The van der Waals surface area contributed by atoms with Gasteiger partial charge in [-0.2, -0.15) is 0 Å². The second kappa shape index (κ2) is 3.67. The molecule has 1 fully saturated rings. The predicted octanol–water partition coefficient (Wildman–Crippen LogP) is 4.91. The highest BCUT2D eigenvalue weighted by atomic mass is 16.5. The van der Waals surface area contributed by atoms with E-state index in [1.165, 1.54) is 45.9 Å². The van der Waals surface area contributed by atoms with Gasteiger partial charge in [-0.05, 0) is 46.5 Å². The molecular formula is C20H16O.